The van der Waals surface area contributed by atoms with Gasteiger partial charge in [-0.25, -0.2) is 4.98 Å². The van der Waals surface area contributed by atoms with Crippen LogP contribution in [-0.2, 0) is 11.8 Å². The third-order valence-electron chi connectivity index (χ3n) is 2.56. The summed E-state index contributed by atoms with van der Waals surface area (Å²) in [5.74, 6) is 1.72. The number of nitrogens with zero attached hydrogens (tertiary/aromatic N) is 1. The van der Waals surface area contributed by atoms with Gasteiger partial charge in [-0.1, -0.05) is 46.8 Å². The summed E-state index contributed by atoms with van der Waals surface area (Å²) in [5, 5.41) is 0. The van der Waals surface area contributed by atoms with E-state index in [4.69, 9.17) is 12.2 Å². The summed E-state index contributed by atoms with van der Waals surface area (Å²) in [5.41, 5.74) is 1.27. The first-order chi connectivity index (χ1) is 7.29. The van der Waals surface area contributed by atoms with E-state index in [-0.39, 0.29) is 5.41 Å². The molecule has 1 aromatic heterocycles. The highest BCUT2D eigenvalue weighted by Crippen LogP contribution is 2.20. The van der Waals surface area contributed by atoms with E-state index in [1.165, 1.54) is 5.69 Å². The largest absolute Gasteiger partial charge is 0.347 e. The molecule has 0 atom stereocenters. The second-order valence-corrected chi connectivity index (χ2v) is 6.18. The lowest BCUT2D eigenvalue weighted by Crippen LogP contribution is -2.15. The predicted molar refractivity (Wildman–Crippen MR) is 71.3 cm³/mol. The van der Waals surface area contributed by atoms with Gasteiger partial charge in [-0.15, -0.1) is 0 Å². The Bertz CT molecular complexity index is 399. The molecule has 90 valence electrons. The van der Waals surface area contributed by atoms with Crippen LogP contribution in [0.3, 0.4) is 0 Å². The van der Waals surface area contributed by atoms with Crippen molar-refractivity contribution >= 4 is 12.2 Å². The van der Waals surface area contributed by atoms with Gasteiger partial charge in [-0.05, 0) is 18.4 Å². The van der Waals surface area contributed by atoms with Gasteiger partial charge in [0.2, 0.25) is 0 Å². The fourth-order valence-corrected chi connectivity index (χ4v) is 1.68. The molecule has 1 aromatic rings. The van der Waals surface area contributed by atoms with E-state index in [0.717, 1.165) is 18.7 Å². The number of H-pyrrole nitrogens is 1. The molecule has 0 saturated heterocycles. The van der Waals surface area contributed by atoms with Crippen molar-refractivity contribution in [1.82, 2.24) is 9.97 Å². The van der Waals surface area contributed by atoms with Crippen LogP contribution in [0.2, 0.25) is 0 Å². The van der Waals surface area contributed by atoms with Crippen LogP contribution in [-0.4, -0.2) is 9.97 Å². The Morgan fingerprint density at radius 3 is 2.50 bits per heavy atom. The van der Waals surface area contributed by atoms with Gasteiger partial charge in [0.05, 0.1) is 0 Å². The van der Waals surface area contributed by atoms with Crippen molar-refractivity contribution in [3.63, 3.8) is 0 Å². The van der Waals surface area contributed by atoms with E-state index >= 15 is 0 Å². The lowest BCUT2D eigenvalue weighted by Gasteiger charge is -2.19. The van der Waals surface area contributed by atoms with E-state index in [9.17, 15) is 0 Å². The van der Waals surface area contributed by atoms with Gasteiger partial charge in [0.25, 0.3) is 0 Å². The molecule has 16 heavy (non-hydrogen) atoms. The van der Waals surface area contributed by atoms with Gasteiger partial charge in [-0.2, -0.15) is 0 Å². The molecule has 1 rings (SSSR count). The third-order valence-corrected chi connectivity index (χ3v) is 2.77. The third kappa shape index (κ3) is 4.05. The quantitative estimate of drug-likeness (QED) is 0.806. The molecular weight excluding hydrogens is 216 g/mol. The Balaban J connectivity index is 2.95. The molecule has 0 aliphatic carbocycles. The molecule has 0 bridgehead atoms. The molecular formula is C13H22N2S. The summed E-state index contributed by atoms with van der Waals surface area (Å²) in [6, 6.07) is 1.97. The van der Waals surface area contributed by atoms with Crippen LogP contribution < -0.4 is 0 Å². The molecule has 0 aliphatic heterocycles. The minimum Gasteiger partial charge on any atom is -0.347 e. The summed E-state index contributed by atoms with van der Waals surface area (Å²) >= 11 is 5.20. The highest BCUT2D eigenvalue weighted by atomic mass is 32.1. The van der Waals surface area contributed by atoms with Crippen molar-refractivity contribution in [2.24, 2.45) is 5.92 Å². The first kappa shape index (κ1) is 13.4. The van der Waals surface area contributed by atoms with E-state index in [0.29, 0.717) is 10.6 Å². The number of aromatic nitrogens is 2. The number of aryl methyl sites for hydroxylation is 1. The number of hydrogen-bond acceptors (Lipinski definition) is 2. The highest BCUT2D eigenvalue weighted by molar-refractivity contribution is 7.71. The molecule has 3 heteroatoms. The zero-order valence-electron chi connectivity index (χ0n) is 10.9. The van der Waals surface area contributed by atoms with Crippen molar-refractivity contribution < 1.29 is 0 Å². The maximum absolute atomic E-state index is 5.20. The fourth-order valence-electron chi connectivity index (χ4n) is 1.46. The molecule has 1 N–H and O–H groups in total. The van der Waals surface area contributed by atoms with Crippen molar-refractivity contribution in [1.29, 1.82) is 0 Å². The Morgan fingerprint density at radius 1 is 1.38 bits per heavy atom. The maximum Gasteiger partial charge on any atom is 0.130 e. The van der Waals surface area contributed by atoms with Crippen molar-refractivity contribution in [3.05, 3.63) is 22.2 Å². The second-order valence-electron chi connectivity index (χ2n) is 5.76. The van der Waals surface area contributed by atoms with Crippen LogP contribution in [0.5, 0.6) is 0 Å². The highest BCUT2D eigenvalue weighted by Gasteiger charge is 2.15. The summed E-state index contributed by atoms with van der Waals surface area (Å²) in [7, 11) is 0. The lowest BCUT2D eigenvalue weighted by molar-refractivity contribution is 0.545. The summed E-state index contributed by atoms with van der Waals surface area (Å²) in [6.07, 6.45) is 2.12. The molecule has 0 spiro atoms. The monoisotopic (exact) mass is 238 g/mol. The smallest absolute Gasteiger partial charge is 0.130 e. The van der Waals surface area contributed by atoms with Gasteiger partial charge in [0, 0.05) is 17.5 Å². The van der Waals surface area contributed by atoms with E-state index in [2.05, 4.69) is 44.6 Å². The number of aromatic amines is 1. The van der Waals surface area contributed by atoms with E-state index in [1.54, 1.807) is 0 Å². The zero-order chi connectivity index (χ0) is 12.3. The summed E-state index contributed by atoms with van der Waals surface area (Å²) in [4.78, 5) is 7.78. The van der Waals surface area contributed by atoms with Crippen molar-refractivity contribution in [3.8, 4) is 0 Å². The molecule has 0 aromatic carbocycles. The number of nitrogens with one attached hydrogen (secondary N) is 1. The van der Waals surface area contributed by atoms with Crippen molar-refractivity contribution in [2.45, 2.75) is 52.9 Å². The maximum atomic E-state index is 5.20. The van der Waals surface area contributed by atoms with Crippen LogP contribution in [0.4, 0.5) is 0 Å². The van der Waals surface area contributed by atoms with Crippen molar-refractivity contribution in [2.75, 3.05) is 0 Å². The molecule has 0 fully saturated rings. The molecule has 0 aliphatic rings. The lowest BCUT2D eigenvalue weighted by atomic mass is 9.92. The molecule has 0 saturated carbocycles. The average molecular weight is 238 g/mol. The number of hydrogen-bond donors (Lipinski definition) is 1. The predicted octanol–water partition coefficient (Wildman–Crippen LogP) is 4.03. The van der Waals surface area contributed by atoms with Crippen LogP contribution in [0.15, 0.2) is 6.07 Å². The van der Waals surface area contributed by atoms with Gasteiger partial charge in [-0.3, -0.25) is 0 Å². The molecule has 1 heterocycles. The topological polar surface area (TPSA) is 28.7 Å². The SMILES string of the molecule is CC(C)CCc1nc(=S)cc(C(C)(C)C)[nH]1. The second kappa shape index (κ2) is 5.09. The number of rotatable bonds is 3. The Kier molecular flexibility index (Phi) is 4.25. The Hall–Kier alpha value is -0.700. The van der Waals surface area contributed by atoms with Crippen LogP contribution in [0, 0.1) is 10.6 Å². The molecule has 0 amide bonds. The minimum atomic E-state index is 0.100. The minimum absolute atomic E-state index is 0.100. The zero-order valence-corrected chi connectivity index (χ0v) is 11.7. The summed E-state index contributed by atoms with van der Waals surface area (Å²) < 4.78 is 0.697. The van der Waals surface area contributed by atoms with Crippen LogP contribution in [0.1, 0.15) is 52.6 Å². The normalized spacial score (nSPS) is 12.1. The first-order valence-corrected chi connectivity index (χ1v) is 6.30. The van der Waals surface area contributed by atoms with Gasteiger partial charge in [0.1, 0.15) is 10.5 Å². The molecule has 0 unspecified atom stereocenters. The van der Waals surface area contributed by atoms with E-state index < -0.39 is 0 Å². The van der Waals surface area contributed by atoms with Crippen LogP contribution in [0.25, 0.3) is 0 Å². The summed E-state index contributed by atoms with van der Waals surface area (Å²) in [6.45, 7) is 11.0. The molecule has 0 radical (unpaired) electrons. The fraction of sp³-hybridized carbons (Fsp3) is 0.692. The Morgan fingerprint density at radius 2 is 2.00 bits per heavy atom. The molecule has 2 nitrogen and oxygen atoms in total. The van der Waals surface area contributed by atoms with Gasteiger partial charge < -0.3 is 4.98 Å². The standard InChI is InChI=1S/C13H22N2S/c1-9(2)6-7-11-14-10(13(3,4)5)8-12(16)15-11/h8-9H,6-7H2,1-5H3,(H,14,15,16). The van der Waals surface area contributed by atoms with Gasteiger partial charge in [0.15, 0.2) is 0 Å². The Labute approximate surface area is 104 Å². The first-order valence-electron chi connectivity index (χ1n) is 5.90. The van der Waals surface area contributed by atoms with E-state index in [1.807, 2.05) is 6.07 Å². The average Bonchev–Trinajstić information content (AvgIpc) is 2.12. The van der Waals surface area contributed by atoms with Gasteiger partial charge >= 0.3 is 0 Å². The van der Waals surface area contributed by atoms with Crippen LogP contribution >= 0.6 is 12.2 Å².